The molecule has 110 valence electrons. The number of hydrogen-bond donors (Lipinski definition) is 0. The van der Waals surface area contributed by atoms with Gasteiger partial charge in [-0.2, -0.15) is 0 Å². The van der Waals surface area contributed by atoms with E-state index in [0.29, 0.717) is 0 Å². The number of rotatable bonds is 0. The Balaban J connectivity index is 1.85. The van der Waals surface area contributed by atoms with Crippen molar-refractivity contribution in [2.45, 2.75) is 20.3 Å². The molecule has 0 N–H and O–H groups in total. The minimum atomic E-state index is 0.929. The summed E-state index contributed by atoms with van der Waals surface area (Å²) in [7, 11) is 0. The number of nitrogens with zero attached hydrogens (tertiary/aromatic N) is 2. The van der Waals surface area contributed by atoms with Gasteiger partial charge in [0.2, 0.25) is 0 Å². The Morgan fingerprint density at radius 2 is 1.17 bits per heavy atom. The molecule has 1 aliphatic carbocycles. The van der Waals surface area contributed by atoms with Crippen LogP contribution in [0.5, 0.6) is 0 Å². The van der Waals surface area contributed by atoms with Gasteiger partial charge in [0, 0.05) is 17.2 Å². The summed E-state index contributed by atoms with van der Waals surface area (Å²) in [5.41, 5.74) is 9.32. The fourth-order valence-corrected chi connectivity index (χ4v) is 3.67. The van der Waals surface area contributed by atoms with Crippen molar-refractivity contribution in [3.05, 3.63) is 70.8 Å². The number of benzene rings is 2. The number of fused-ring (bicyclic) bond motifs is 5. The number of hydrogen-bond acceptors (Lipinski definition) is 2. The first kappa shape index (κ1) is 12.8. The van der Waals surface area contributed by atoms with Crippen molar-refractivity contribution in [3.8, 4) is 11.4 Å². The Morgan fingerprint density at radius 1 is 0.696 bits per heavy atom. The Bertz CT molecular complexity index is 1020. The van der Waals surface area contributed by atoms with Gasteiger partial charge in [-0.1, -0.05) is 36.4 Å². The molecule has 0 unspecified atom stereocenters. The fourth-order valence-electron chi connectivity index (χ4n) is 3.67. The molecule has 5 rings (SSSR count). The topological polar surface area (TPSA) is 25.8 Å². The van der Waals surface area contributed by atoms with Crippen molar-refractivity contribution >= 4 is 21.8 Å². The molecular formula is C21H16N2. The Kier molecular flexibility index (Phi) is 2.44. The molecule has 2 heteroatoms. The van der Waals surface area contributed by atoms with Crippen LogP contribution in [0.2, 0.25) is 0 Å². The first-order chi connectivity index (χ1) is 11.2. The third-order valence-electron chi connectivity index (χ3n) is 4.86. The maximum Gasteiger partial charge on any atom is 0.0932 e. The summed E-state index contributed by atoms with van der Waals surface area (Å²) >= 11 is 0. The molecule has 0 aliphatic heterocycles. The smallest absolute Gasteiger partial charge is 0.0932 e. The van der Waals surface area contributed by atoms with E-state index in [9.17, 15) is 0 Å². The summed E-state index contributed by atoms with van der Waals surface area (Å²) in [6.45, 7) is 4.24. The third kappa shape index (κ3) is 1.75. The highest BCUT2D eigenvalue weighted by molar-refractivity contribution is 5.91. The molecule has 0 bridgehead atoms. The first-order valence-corrected chi connectivity index (χ1v) is 7.99. The molecule has 0 atom stereocenters. The van der Waals surface area contributed by atoms with E-state index >= 15 is 0 Å². The number of aryl methyl sites for hydroxylation is 2. The normalized spacial score (nSPS) is 12.6. The molecular weight excluding hydrogens is 280 g/mol. The van der Waals surface area contributed by atoms with Gasteiger partial charge in [-0.15, -0.1) is 0 Å². The zero-order chi connectivity index (χ0) is 15.6. The molecule has 23 heavy (non-hydrogen) atoms. The molecule has 1 aliphatic rings. The summed E-state index contributed by atoms with van der Waals surface area (Å²) in [5.74, 6) is 0. The number of aromatic nitrogens is 2. The van der Waals surface area contributed by atoms with E-state index < -0.39 is 0 Å². The van der Waals surface area contributed by atoms with Gasteiger partial charge in [0.25, 0.3) is 0 Å². The summed E-state index contributed by atoms with van der Waals surface area (Å²) in [4.78, 5) is 9.94. The van der Waals surface area contributed by atoms with E-state index in [-0.39, 0.29) is 0 Å². The first-order valence-electron chi connectivity index (χ1n) is 7.99. The van der Waals surface area contributed by atoms with Crippen LogP contribution in [0, 0.1) is 13.8 Å². The van der Waals surface area contributed by atoms with Crippen LogP contribution in [0.15, 0.2) is 48.5 Å². The fraction of sp³-hybridized carbons (Fsp3) is 0.143. The van der Waals surface area contributed by atoms with Crippen LogP contribution in [0.25, 0.3) is 33.2 Å². The van der Waals surface area contributed by atoms with Crippen molar-refractivity contribution < 1.29 is 0 Å². The monoisotopic (exact) mass is 296 g/mol. The summed E-state index contributed by atoms with van der Waals surface area (Å²) in [5, 5.41) is 2.44. The van der Waals surface area contributed by atoms with E-state index in [2.05, 4.69) is 62.4 Å². The van der Waals surface area contributed by atoms with Crippen LogP contribution in [-0.2, 0) is 6.42 Å². The van der Waals surface area contributed by atoms with Crippen molar-refractivity contribution in [1.82, 2.24) is 9.97 Å². The molecule has 0 saturated carbocycles. The lowest BCUT2D eigenvalue weighted by molar-refractivity contribution is 1.25. The standard InChI is InChI=1S/C21H16N2/c1-12-5-3-7-14-9-16-11-17-10-15-8-4-6-13(2)19(15)23-21(17)20(16)22-18(12)14/h3-10H,11H2,1-2H3. The molecule has 0 amide bonds. The lowest BCUT2D eigenvalue weighted by Gasteiger charge is -2.07. The van der Waals surface area contributed by atoms with E-state index in [4.69, 9.17) is 9.97 Å². The van der Waals surface area contributed by atoms with Crippen LogP contribution in [0.1, 0.15) is 22.3 Å². The molecule has 4 aromatic rings. The third-order valence-corrected chi connectivity index (χ3v) is 4.86. The molecule has 0 fully saturated rings. The van der Waals surface area contributed by atoms with E-state index in [0.717, 1.165) is 28.8 Å². The highest BCUT2D eigenvalue weighted by Crippen LogP contribution is 2.37. The Hall–Kier alpha value is -2.74. The van der Waals surface area contributed by atoms with E-state index in [1.165, 1.54) is 33.0 Å². The summed E-state index contributed by atoms with van der Waals surface area (Å²) < 4.78 is 0. The summed E-state index contributed by atoms with van der Waals surface area (Å²) in [6.07, 6.45) is 0.929. The molecule has 2 heterocycles. The second-order valence-electron chi connectivity index (χ2n) is 6.46. The highest BCUT2D eigenvalue weighted by Gasteiger charge is 2.23. The van der Waals surface area contributed by atoms with Crippen molar-refractivity contribution in [1.29, 1.82) is 0 Å². The van der Waals surface area contributed by atoms with Gasteiger partial charge in [-0.25, -0.2) is 9.97 Å². The second-order valence-corrected chi connectivity index (χ2v) is 6.46. The lowest BCUT2D eigenvalue weighted by Crippen LogP contribution is -1.92. The van der Waals surface area contributed by atoms with Gasteiger partial charge >= 0.3 is 0 Å². The lowest BCUT2D eigenvalue weighted by atomic mass is 10.1. The van der Waals surface area contributed by atoms with Gasteiger partial charge in [-0.3, -0.25) is 0 Å². The molecule has 0 saturated heterocycles. The average Bonchev–Trinajstić information content (AvgIpc) is 2.89. The van der Waals surface area contributed by atoms with Crippen LogP contribution in [0.4, 0.5) is 0 Å². The predicted molar refractivity (Wildman–Crippen MR) is 94.8 cm³/mol. The van der Waals surface area contributed by atoms with Crippen LogP contribution >= 0.6 is 0 Å². The number of para-hydroxylation sites is 2. The van der Waals surface area contributed by atoms with Crippen LogP contribution in [0.3, 0.4) is 0 Å². The largest absolute Gasteiger partial charge is 0.246 e. The van der Waals surface area contributed by atoms with Gasteiger partial charge in [0.05, 0.1) is 22.4 Å². The summed E-state index contributed by atoms with van der Waals surface area (Å²) in [6, 6.07) is 17.3. The SMILES string of the molecule is Cc1cccc2cc3c(nc12)-c1nc2c(C)cccc2cc1C3. The molecule has 2 aromatic heterocycles. The van der Waals surface area contributed by atoms with Crippen LogP contribution in [-0.4, -0.2) is 9.97 Å². The maximum atomic E-state index is 4.97. The molecule has 2 nitrogen and oxygen atoms in total. The van der Waals surface area contributed by atoms with Gasteiger partial charge < -0.3 is 0 Å². The van der Waals surface area contributed by atoms with Crippen molar-refractivity contribution in [2.24, 2.45) is 0 Å². The minimum Gasteiger partial charge on any atom is -0.246 e. The molecule has 2 aromatic carbocycles. The Morgan fingerprint density at radius 3 is 1.65 bits per heavy atom. The average molecular weight is 296 g/mol. The highest BCUT2D eigenvalue weighted by atomic mass is 14.8. The van der Waals surface area contributed by atoms with Gasteiger partial charge in [0.1, 0.15) is 0 Å². The quantitative estimate of drug-likeness (QED) is 0.403. The Labute approximate surface area is 134 Å². The van der Waals surface area contributed by atoms with Crippen molar-refractivity contribution in [2.75, 3.05) is 0 Å². The van der Waals surface area contributed by atoms with Gasteiger partial charge in [-0.05, 0) is 48.2 Å². The number of pyridine rings is 2. The second kappa shape index (κ2) is 4.39. The van der Waals surface area contributed by atoms with E-state index in [1.807, 2.05) is 0 Å². The maximum absolute atomic E-state index is 4.97. The van der Waals surface area contributed by atoms with E-state index in [1.54, 1.807) is 0 Å². The minimum absolute atomic E-state index is 0.929. The zero-order valence-electron chi connectivity index (χ0n) is 13.2. The van der Waals surface area contributed by atoms with Gasteiger partial charge in [0.15, 0.2) is 0 Å². The predicted octanol–water partition coefficient (Wildman–Crippen LogP) is 4.97. The zero-order valence-corrected chi connectivity index (χ0v) is 13.2. The van der Waals surface area contributed by atoms with Crippen molar-refractivity contribution in [3.63, 3.8) is 0 Å². The molecule has 0 radical (unpaired) electrons. The molecule has 0 spiro atoms. The van der Waals surface area contributed by atoms with Crippen LogP contribution < -0.4 is 0 Å².